The molecule has 1 aliphatic rings. The molecule has 268 valence electrons. The van der Waals surface area contributed by atoms with Crippen LogP contribution in [0.25, 0.3) is 0 Å². The first kappa shape index (κ1) is 42.4. The summed E-state index contributed by atoms with van der Waals surface area (Å²) in [6.07, 6.45) is 25.4. The lowest BCUT2D eigenvalue weighted by molar-refractivity contribution is -0.302. The number of carbonyl (C=O) groups excluding carboxylic acids is 1. The SMILES string of the molecule is CCCCCCCCCCC/C=C/CC/C=C/CC/C=C/C(O)C(COC1OC(CO)C(O)C(O)C1O)NC(=O)CCCCCC. The molecular weight excluding hydrogens is 586 g/mol. The number of nitrogens with one attached hydrogen (secondary N) is 1. The van der Waals surface area contributed by atoms with E-state index >= 15 is 0 Å². The van der Waals surface area contributed by atoms with E-state index in [4.69, 9.17) is 9.47 Å². The monoisotopic (exact) mass is 653 g/mol. The molecule has 7 unspecified atom stereocenters. The minimum absolute atomic E-state index is 0.207. The number of carbonyl (C=O) groups is 1. The van der Waals surface area contributed by atoms with Crippen LogP contribution in [0.5, 0.6) is 0 Å². The molecule has 0 bridgehead atoms. The summed E-state index contributed by atoms with van der Waals surface area (Å²) in [6, 6.07) is -0.819. The first-order chi connectivity index (χ1) is 22.3. The Morgan fingerprint density at radius 2 is 1.24 bits per heavy atom. The Labute approximate surface area is 279 Å². The standard InChI is InChI=1S/C37H67NO8/c1-3-5-7-9-10-11-12-13-14-15-16-17-18-19-20-21-22-23-24-26-31(40)30(38-33(41)27-25-8-6-4-2)29-45-37-36(44)35(43)34(42)32(28-39)46-37/h16-17,20-21,24,26,30-32,34-37,39-40,42-44H,3-15,18-19,22-23,25,27-29H2,1-2H3,(H,38,41)/b17-16+,21-20+,26-24+. The molecule has 0 aromatic rings. The molecule has 9 heteroatoms. The third-order valence-corrected chi connectivity index (χ3v) is 8.45. The topological polar surface area (TPSA) is 149 Å². The highest BCUT2D eigenvalue weighted by molar-refractivity contribution is 5.76. The van der Waals surface area contributed by atoms with Crippen LogP contribution in [-0.2, 0) is 14.3 Å². The van der Waals surface area contributed by atoms with E-state index in [1.54, 1.807) is 6.08 Å². The maximum Gasteiger partial charge on any atom is 0.220 e. The number of aliphatic hydroxyl groups is 5. The van der Waals surface area contributed by atoms with Gasteiger partial charge in [0.15, 0.2) is 6.29 Å². The lowest BCUT2D eigenvalue weighted by atomic mass is 9.99. The predicted octanol–water partition coefficient (Wildman–Crippen LogP) is 5.77. The van der Waals surface area contributed by atoms with Gasteiger partial charge in [0.05, 0.1) is 25.4 Å². The van der Waals surface area contributed by atoms with E-state index < -0.39 is 49.5 Å². The minimum atomic E-state index is -1.57. The zero-order chi connectivity index (χ0) is 33.8. The molecule has 0 saturated carbocycles. The Bertz CT molecular complexity index is 817. The van der Waals surface area contributed by atoms with Gasteiger partial charge in [-0.1, -0.05) is 121 Å². The van der Waals surface area contributed by atoms with E-state index in [-0.39, 0.29) is 12.5 Å². The van der Waals surface area contributed by atoms with Gasteiger partial charge in [-0.05, 0) is 44.9 Å². The summed E-state index contributed by atoms with van der Waals surface area (Å²) < 4.78 is 11.0. The largest absolute Gasteiger partial charge is 0.394 e. The van der Waals surface area contributed by atoms with E-state index in [9.17, 15) is 30.3 Å². The fourth-order valence-electron chi connectivity index (χ4n) is 5.42. The maximum absolute atomic E-state index is 12.6. The second-order valence-corrected chi connectivity index (χ2v) is 12.6. The number of hydrogen-bond acceptors (Lipinski definition) is 8. The summed E-state index contributed by atoms with van der Waals surface area (Å²) in [4.78, 5) is 12.6. The van der Waals surface area contributed by atoms with Gasteiger partial charge in [0.2, 0.25) is 5.91 Å². The highest BCUT2D eigenvalue weighted by Crippen LogP contribution is 2.22. The third kappa shape index (κ3) is 19.9. The van der Waals surface area contributed by atoms with Crippen molar-refractivity contribution in [2.45, 2.75) is 179 Å². The smallest absolute Gasteiger partial charge is 0.220 e. The highest BCUT2D eigenvalue weighted by Gasteiger charge is 2.44. The summed E-state index contributed by atoms with van der Waals surface area (Å²) >= 11 is 0. The summed E-state index contributed by atoms with van der Waals surface area (Å²) in [6.45, 7) is 3.58. The minimum Gasteiger partial charge on any atom is -0.394 e. The number of amides is 1. The van der Waals surface area contributed by atoms with Gasteiger partial charge in [-0.2, -0.15) is 0 Å². The van der Waals surface area contributed by atoms with E-state index in [0.29, 0.717) is 6.42 Å². The van der Waals surface area contributed by atoms with Gasteiger partial charge >= 0.3 is 0 Å². The fourth-order valence-corrected chi connectivity index (χ4v) is 5.42. The van der Waals surface area contributed by atoms with Crippen LogP contribution in [0, 0.1) is 0 Å². The molecule has 0 aromatic heterocycles. The lowest BCUT2D eigenvalue weighted by Gasteiger charge is -2.40. The molecule has 0 aliphatic carbocycles. The molecule has 0 radical (unpaired) electrons. The van der Waals surface area contributed by atoms with Crippen molar-refractivity contribution in [1.29, 1.82) is 0 Å². The highest BCUT2D eigenvalue weighted by atomic mass is 16.7. The van der Waals surface area contributed by atoms with Crippen LogP contribution in [0.1, 0.15) is 136 Å². The van der Waals surface area contributed by atoms with Crippen molar-refractivity contribution in [2.75, 3.05) is 13.2 Å². The van der Waals surface area contributed by atoms with Gasteiger partial charge in [-0.25, -0.2) is 0 Å². The molecule has 7 atom stereocenters. The molecule has 1 aliphatic heterocycles. The van der Waals surface area contributed by atoms with Crippen molar-refractivity contribution in [2.24, 2.45) is 0 Å². The van der Waals surface area contributed by atoms with Crippen LogP contribution in [0.4, 0.5) is 0 Å². The Balaban J connectivity index is 2.39. The van der Waals surface area contributed by atoms with E-state index in [1.165, 1.54) is 64.2 Å². The number of aliphatic hydroxyl groups excluding tert-OH is 5. The summed E-state index contributed by atoms with van der Waals surface area (Å²) in [5.74, 6) is -0.212. The molecule has 1 amide bonds. The second kappa shape index (κ2) is 28.4. The van der Waals surface area contributed by atoms with Crippen LogP contribution in [-0.4, -0.2) is 87.5 Å². The Kier molecular flexibility index (Phi) is 26.2. The van der Waals surface area contributed by atoms with E-state index in [2.05, 4.69) is 43.5 Å². The third-order valence-electron chi connectivity index (χ3n) is 8.45. The van der Waals surface area contributed by atoms with Crippen LogP contribution >= 0.6 is 0 Å². The van der Waals surface area contributed by atoms with Crippen molar-refractivity contribution < 1.29 is 39.8 Å². The van der Waals surface area contributed by atoms with Gasteiger partial charge in [-0.3, -0.25) is 4.79 Å². The van der Waals surface area contributed by atoms with Crippen molar-refractivity contribution in [3.8, 4) is 0 Å². The number of unbranched alkanes of at least 4 members (excludes halogenated alkanes) is 14. The number of allylic oxidation sites excluding steroid dienone is 5. The molecule has 46 heavy (non-hydrogen) atoms. The van der Waals surface area contributed by atoms with Gasteiger partial charge in [0, 0.05) is 6.42 Å². The van der Waals surface area contributed by atoms with E-state index in [1.807, 2.05) is 6.08 Å². The van der Waals surface area contributed by atoms with Crippen molar-refractivity contribution in [3.05, 3.63) is 36.5 Å². The molecule has 1 fully saturated rings. The molecule has 9 nitrogen and oxygen atoms in total. The fraction of sp³-hybridized carbons (Fsp3) is 0.811. The Morgan fingerprint density at radius 1 is 0.717 bits per heavy atom. The zero-order valence-corrected chi connectivity index (χ0v) is 28.8. The van der Waals surface area contributed by atoms with Crippen LogP contribution in [0.2, 0.25) is 0 Å². The van der Waals surface area contributed by atoms with Crippen LogP contribution in [0.15, 0.2) is 36.5 Å². The van der Waals surface area contributed by atoms with Crippen molar-refractivity contribution >= 4 is 5.91 Å². The van der Waals surface area contributed by atoms with Crippen LogP contribution in [0.3, 0.4) is 0 Å². The Hall–Kier alpha value is -1.59. The van der Waals surface area contributed by atoms with Gasteiger partial charge < -0.3 is 40.3 Å². The molecular formula is C37H67NO8. The van der Waals surface area contributed by atoms with Crippen molar-refractivity contribution in [1.82, 2.24) is 5.32 Å². The normalized spacial score (nSPS) is 23.5. The van der Waals surface area contributed by atoms with E-state index in [0.717, 1.165) is 51.4 Å². The molecule has 0 aromatic carbocycles. The summed E-state index contributed by atoms with van der Waals surface area (Å²) in [5, 5.41) is 53.4. The first-order valence-corrected chi connectivity index (χ1v) is 18.2. The predicted molar refractivity (Wildman–Crippen MR) is 184 cm³/mol. The summed E-state index contributed by atoms with van der Waals surface area (Å²) in [7, 11) is 0. The maximum atomic E-state index is 12.6. The summed E-state index contributed by atoms with van der Waals surface area (Å²) in [5.41, 5.74) is 0. The number of rotatable bonds is 28. The molecule has 6 N–H and O–H groups in total. The lowest BCUT2D eigenvalue weighted by Crippen LogP contribution is -2.60. The molecule has 1 rings (SSSR count). The van der Waals surface area contributed by atoms with Crippen molar-refractivity contribution in [3.63, 3.8) is 0 Å². The number of ether oxygens (including phenoxy) is 2. The molecule has 0 spiro atoms. The zero-order valence-electron chi connectivity index (χ0n) is 28.8. The van der Waals surface area contributed by atoms with Gasteiger partial charge in [0.25, 0.3) is 0 Å². The van der Waals surface area contributed by atoms with Gasteiger partial charge in [0.1, 0.15) is 24.4 Å². The van der Waals surface area contributed by atoms with Gasteiger partial charge in [-0.15, -0.1) is 0 Å². The molecule has 1 heterocycles. The Morgan fingerprint density at radius 3 is 1.83 bits per heavy atom. The average molecular weight is 654 g/mol. The second-order valence-electron chi connectivity index (χ2n) is 12.6. The molecule has 1 saturated heterocycles. The van der Waals surface area contributed by atoms with Crippen LogP contribution < -0.4 is 5.32 Å². The quantitative estimate of drug-likeness (QED) is 0.0461. The number of hydrogen-bond donors (Lipinski definition) is 6. The first-order valence-electron chi connectivity index (χ1n) is 18.2. The average Bonchev–Trinajstić information content (AvgIpc) is 3.05.